The number of amides is 2. The predicted molar refractivity (Wildman–Crippen MR) is 76.1 cm³/mol. The van der Waals surface area contributed by atoms with Gasteiger partial charge in [0, 0.05) is 24.5 Å². The first-order valence-electron chi connectivity index (χ1n) is 6.21. The third-order valence-corrected chi connectivity index (χ3v) is 5.33. The zero-order chi connectivity index (χ0) is 14.4. The van der Waals surface area contributed by atoms with Crippen molar-refractivity contribution in [2.45, 2.75) is 44.8 Å². The molecule has 1 unspecified atom stereocenters. The first-order valence-corrected chi connectivity index (χ1v) is 8.84. The Kier molecular flexibility index (Phi) is 6.71. The van der Waals surface area contributed by atoms with Gasteiger partial charge in [0.05, 0.1) is 0 Å². The quantitative estimate of drug-likeness (QED) is 0.531. The predicted octanol–water partition coefficient (Wildman–Crippen LogP) is 2.41. The van der Waals surface area contributed by atoms with Crippen molar-refractivity contribution in [3.63, 3.8) is 0 Å². The number of hydrogen-bond donors (Lipinski definition) is 0. The van der Waals surface area contributed by atoms with Gasteiger partial charge in [-0.25, -0.2) is 4.79 Å². The summed E-state index contributed by atoms with van der Waals surface area (Å²) in [5.41, 5.74) is 0. The molecule has 0 radical (unpaired) electrons. The second kappa shape index (κ2) is 7.79. The molecule has 1 rings (SSSR count). The van der Waals surface area contributed by atoms with Gasteiger partial charge in [-0.1, -0.05) is 35.4 Å². The van der Waals surface area contributed by atoms with Crippen molar-refractivity contribution in [3.05, 3.63) is 0 Å². The maximum atomic E-state index is 11.6. The van der Waals surface area contributed by atoms with Gasteiger partial charge < -0.3 is 4.84 Å². The maximum absolute atomic E-state index is 11.6. The van der Waals surface area contributed by atoms with Crippen LogP contribution in [0.15, 0.2) is 0 Å². The van der Waals surface area contributed by atoms with Gasteiger partial charge in [-0.3, -0.25) is 9.59 Å². The molecule has 1 heterocycles. The molecule has 0 aromatic rings. The molecule has 0 spiro atoms. The minimum atomic E-state index is -0.518. The van der Waals surface area contributed by atoms with Gasteiger partial charge in [-0.05, 0) is 18.6 Å². The molecule has 0 N–H and O–H groups in total. The Morgan fingerprint density at radius 1 is 1.32 bits per heavy atom. The Hall–Kier alpha value is -0.690. The summed E-state index contributed by atoms with van der Waals surface area (Å²) in [6.45, 7) is 4.21. The van der Waals surface area contributed by atoms with Crippen LogP contribution in [0.2, 0.25) is 0 Å². The molecular weight excluding hydrogens is 286 g/mol. The second-order valence-electron chi connectivity index (χ2n) is 4.63. The van der Waals surface area contributed by atoms with Gasteiger partial charge in [0.1, 0.15) is 0 Å². The summed E-state index contributed by atoms with van der Waals surface area (Å²) in [5, 5.41) is 0.960. The van der Waals surface area contributed by atoms with Gasteiger partial charge in [-0.15, -0.1) is 5.06 Å². The summed E-state index contributed by atoms with van der Waals surface area (Å²) >= 11 is 0. The molecule has 1 aliphatic rings. The lowest BCUT2D eigenvalue weighted by atomic mass is 10.1. The highest BCUT2D eigenvalue weighted by Crippen LogP contribution is 2.32. The van der Waals surface area contributed by atoms with E-state index >= 15 is 0 Å². The van der Waals surface area contributed by atoms with Crippen LogP contribution >= 0.6 is 21.6 Å². The fourth-order valence-corrected chi connectivity index (χ4v) is 4.06. The van der Waals surface area contributed by atoms with E-state index in [1.165, 1.54) is 0 Å². The lowest BCUT2D eigenvalue weighted by molar-refractivity contribution is -0.197. The molecule has 0 bridgehead atoms. The van der Waals surface area contributed by atoms with E-state index in [9.17, 15) is 14.4 Å². The lowest BCUT2D eigenvalue weighted by Gasteiger charge is -2.19. The maximum Gasteiger partial charge on any atom is 0.333 e. The Balaban J connectivity index is 2.38. The SMILES string of the molecule is CSSC(CCC(=O)ON1C(=O)CCC1=O)C(C)C. The molecule has 0 aromatic carbocycles. The number of hydrogen-bond acceptors (Lipinski definition) is 6. The summed E-state index contributed by atoms with van der Waals surface area (Å²) in [4.78, 5) is 39.0. The minimum absolute atomic E-state index is 0.128. The van der Waals surface area contributed by atoms with Gasteiger partial charge in [0.2, 0.25) is 0 Å². The fraction of sp³-hybridized carbons (Fsp3) is 0.750. The van der Waals surface area contributed by atoms with Crippen LogP contribution in [-0.2, 0) is 19.2 Å². The molecule has 7 heteroatoms. The normalized spacial score (nSPS) is 17.2. The molecule has 1 fully saturated rings. The molecule has 5 nitrogen and oxygen atoms in total. The highest BCUT2D eigenvalue weighted by atomic mass is 33.1. The lowest BCUT2D eigenvalue weighted by Crippen LogP contribution is -2.32. The van der Waals surface area contributed by atoms with Gasteiger partial charge in [0.15, 0.2) is 0 Å². The molecule has 0 aliphatic carbocycles. The van der Waals surface area contributed by atoms with E-state index in [0.717, 1.165) is 0 Å². The topological polar surface area (TPSA) is 63.7 Å². The van der Waals surface area contributed by atoms with E-state index in [0.29, 0.717) is 22.7 Å². The number of carbonyl (C=O) groups excluding carboxylic acids is 3. The first kappa shape index (κ1) is 16.4. The molecule has 1 saturated heterocycles. The van der Waals surface area contributed by atoms with Crippen LogP contribution in [0, 0.1) is 5.92 Å². The van der Waals surface area contributed by atoms with Gasteiger partial charge >= 0.3 is 5.97 Å². The summed E-state index contributed by atoms with van der Waals surface area (Å²) in [6, 6.07) is 0. The minimum Gasteiger partial charge on any atom is -0.330 e. The number of carbonyl (C=O) groups is 3. The van der Waals surface area contributed by atoms with Crippen molar-refractivity contribution in [2.24, 2.45) is 5.92 Å². The third-order valence-electron chi connectivity index (χ3n) is 2.80. The van der Waals surface area contributed by atoms with Crippen molar-refractivity contribution in [3.8, 4) is 0 Å². The molecule has 1 aliphatic heterocycles. The van der Waals surface area contributed by atoms with Gasteiger partial charge in [0.25, 0.3) is 11.8 Å². The van der Waals surface area contributed by atoms with E-state index < -0.39 is 17.8 Å². The summed E-state index contributed by atoms with van der Waals surface area (Å²) < 4.78 is 0. The number of rotatable bonds is 7. The van der Waals surface area contributed by atoms with Crippen molar-refractivity contribution < 1.29 is 19.2 Å². The number of hydroxylamine groups is 2. The number of imide groups is 1. The molecular formula is C12H19NO4S2. The standard InChI is InChI=1S/C12H19NO4S2/c1-8(2)9(19-18-3)4-7-12(16)17-13-10(14)5-6-11(13)15/h8-9H,4-7H2,1-3H3. The van der Waals surface area contributed by atoms with Crippen molar-refractivity contribution in [1.82, 2.24) is 5.06 Å². The Morgan fingerprint density at radius 2 is 1.89 bits per heavy atom. The average molecular weight is 305 g/mol. The number of nitrogens with zero attached hydrogens (tertiary/aromatic N) is 1. The first-order chi connectivity index (χ1) is 8.95. The van der Waals surface area contributed by atoms with Crippen molar-refractivity contribution in [2.75, 3.05) is 6.26 Å². The van der Waals surface area contributed by atoms with Crippen LogP contribution < -0.4 is 0 Å². The van der Waals surface area contributed by atoms with Gasteiger partial charge in [-0.2, -0.15) is 0 Å². The van der Waals surface area contributed by atoms with Crippen LogP contribution in [0.3, 0.4) is 0 Å². The third kappa shape index (κ3) is 5.06. The molecule has 108 valence electrons. The van der Waals surface area contributed by atoms with E-state index in [1.54, 1.807) is 21.6 Å². The van der Waals surface area contributed by atoms with Crippen LogP contribution in [0.1, 0.15) is 39.5 Å². The summed E-state index contributed by atoms with van der Waals surface area (Å²) in [6.07, 6.45) is 3.15. The fourth-order valence-electron chi connectivity index (χ4n) is 1.68. The van der Waals surface area contributed by atoms with Crippen LogP contribution in [0.5, 0.6) is 0 Å². The van der Waals surface area contributed by atoms with E-state index in [4.69, 9.17) is 4.84 Å². The summed E-state index contributed by atoms with van der Waals surface area (Å²) in [5.74, 6) is -0.925. The van der Waals surface area contributed by atoms with Crippen LogP contribution in [0.4, 0.5) is 0 Å². The smallest absolute Gasteiger partial charge is 0.330 e. The monoisotopic (exact) mass is 305 g/mol. The highest BCUT2D eigenvalue weighted by molar-refractivity contribution is 8.76. The van der Waals surface area contributed by atoms with Crippen molar-refractivity contribution >= 4 is 39.4 Å². The molecule has 19 heavy (non-hydrogen) atoms. The van der Waals surface area contributed by atoms with Crippen LogP contribution in [0.25, 0.3) is 0 Å². The molecule has 0 aromatic heterocycles. The molecule has 0 saturated carbocycles. The Labute approximate surface area is 121 Å². The Morgan fingerprint density at radius 3 is 2.37 bits per heavy atom. The zero-order valence-electron chi connectivity index (χ0n) is 11.4. The van der Waals surface area contributed by atoms with Crippen LogP contribution in [-0.4, -0.2) is 34.4 Å². The largest absolute Gasteiger partial charge is 0.333 e. The second-order valence-corrected chi connectivity index (χ2v) is 7.34. The average Bonchev–Trinajstić information content (AvgIpc) is 2.66. The van der Waals surface area contributed by atoms with E-state index in [2.05, 4.69) is 13.8 Å². The zero-order valence-corrected chi connectivity index (χ0v) is 13.0. The highest BCUT2D eigenvalue weighted by Gasteiger charge is 2.32. The van der Waals surface area contributed by atoms with E-state index in [-0.39, 0.29) is 19.3 Å². The van der Waals surface area contributed by atoms with E-state index in [1.807, 2.05) is 6.26 Å². The molecule has 1 atom stereocenters. The summed E-state index contributed by atoms with van der Waals surface area (Å²) in [7, 11) is 3.40. The molecule has 2 amide bonds. The Bertz CT molecular complexity index is 344. The van der Waals surface area contributed by atoms with Crippen molar-refractivity contribution in [1.29, 1.82) is 0 Å².